The smallest absolute Gasteiger partial charge is 0.253 e. The number of nitrogens with two attached hydrogens (primary N) is 1. The van der Waals surface area contributed by atoms with Crippen molar-refractivity contribution in [3.8, 4) is 0 Å². The van der Waals surface area contributed by atoms with Gasteiger partial charge in [0, 0.05) is 12.6 Å². The van der Waals surface area contributed by atoms with Crippen LogP contribution in [0.15, 0.2) is 54.6 Å². The van der Waals surface area contributed by atoms with E-state index in [-0.39, 0.29) is 36.7 Å². The van der Waals surface area contributed by atoms with Crippen LogP contribution in [0.5, 0.6) is 0 Å². The quantitative estimate of drug-likeness (QED) is 0.623. The number of nitrogens with one attached hydrogen (secondary N) is 2. The van der Waals surface area contributed by atoms with Crippen LogP contribution in [-0.2, 0) is 4.79 Å². The van der Waals surface area contributed by atoms with Gasteiger partial charge in [0.1, 0.15) is 0 Å². The van der Waals surface area contributed by atoms with Crippen molar-refractivity contribution in [1.82, 2.24) is 10.6 Å². The van der Waals surface area contributed by atoms with Gasteiger partial charge in [0.25, 0.3) is 5.91 Å². The van der Waals surface area contributed by atoms with Crippen LogP contribution in [0.25, 0.3) is 0 Å². The van der Waals surface area contributed by atoms with Gasteiger partial charge in [0.2, 0.25) is 5.91 Å². The average Bonchev–Trinajstić information content (AvgIpc) is 2.62. The fraction of sp³-hybridized carbons (Fsp3) is 0.300. The van der Waals surface area contributed by atoms with Gasteiger partial charge in [0.05, 0.1) is 23.0 Å². The number of hydrogen-bond donors (Lipinski definition) is 3. The Morgan fingerprint density at radius 1 is 1.07 bits per heavy atom. The van der Waals surface area contributed by atoms with E-state index in [1.165, 1.54) is 0 Å². The van der Waals surface area contributed by atoms with Crippen molar-refractivity contribution in [2.24, 2.45) is 5.73 Å². The Morgan fingerprint density at radius 3 is 2.33 bits per heavy atom. The second-order valence-electron chi connectivity index (χ2n) is 6.24. The Bertz CT molecular complexity index is 739. The molecule has 0 radical (unpaired) electrons. The number of rotatable bonds is 8. The first-order chi connectivity index (χ1) is 12.5. The molecule has 2 amide bonds. The summed E-state index contributed by atoms with van der Waals surface area (Å²) in [7, 11) is 0. The molecule has 0 fully saturated rings. The van der Waals surface area contributed by atoms with Crippen molar-refractivity contribution in [3.63, 3.8) is 0 Å². The van der Waals surface area contributed by atoms with Gasteiger partial charge < -0.3 is 16.4 Å². The summed E-state index contributed by atoms with van der Waals surface area (Å²) in [5.74, 6) is -0.452. The molecule has 4 N–H and O–H groups in total. The molecule has 0 aliphatic carbocycles. The second kappa shape index (κ2) is 11.6. The molecule has 27 heavy (non-hydrogen) atoms. The Balaban J connectivity index is 0.00000364. The van der Waals surface area contributed by atoms with Gasteiger partial charge in [-0.2, -0.15) is 0 Å². The topological polar surface area (TPSA) is 84.2 Å². The summed E-state index contributed by atoms with van der Waals surface area (Å²) >= 11 is 6.10. The minimum absolute atomic E-state index is 0. The van der Waals surface area contributed by atoms with Crippen LogP contribution in [0.2, 0.25) is 5.02 Å². The lowest BCUT2D eigenvalue weighted by Gasteiger charge is -2.19. The van der Waals surface area contributed by atoms with Crippen LogP contribution in [-0.4, -0.2) is 24.4 Å². The summed E-state index contributed by atoms with van der Waals surface area (Å²) in [5.41, 5.74) is 6.93. The van der Waals surface area contributed by atoms with E-state index < -0.39 is 6.04 Å². The minimum Gasteiger partial charge on any atom is -0.356 e. The molecule has 0 bridgehead atoms. The van der Waals surface area contributed by atoms with Gasteiger partial charge in [0.15, 0.2) is 0 Å². The van der Waals surface area contributed by atoms with Crippen molar-refractivity contribution in [2.75, 3.05) is 6.54 Å². The Kier molecular flexibility index (Phi) is 9.86. The molecule has 0 aliphatic heterocycles. The fourth-order valence-corrected chi connectivity index (χ4v) is 2.74. The van der Waals surface area contributed by atoms with E-state index in [2.05, 4.69) is 10.6 Å². The van der Waals surface area contributed by atoms with Crippen molar-refractivity contribution < 1.29 is 9.59 Å². The summed E-state index contributed by atoms with van der Waals surface area (Å²) in [6.07, 6.45) is 0.840. The lowest BCUT2D eigenvalue weighted by Crippen LogP contribution is -2.35. The molecule has 0 heterocycles. The Labute approximate surface area is 171 Å². The van der Waals surface area contributed by atoms with Gasteiger partial charge in [-0.3, -0.25) is 9.59 Å². The van der Waals surface area contributed by atoms with Crippen LogP contribution in [0.3, 0.4) is 0 Å². The highest BCUT2D eigenvalue weighted by Crippen LogP contribution is 2.20. The lowest BCUT2D eigenvalue weighted by molar-refractivity contribution is -0.121. The first kappa shape index (κ1) is 23.0. The molecule has 2 unspecified atom stereocenters. The normalized spacial score (nSPS) is 12.4. The summed E-state index contributed by atoms with van der Waals surface area (Å²) in [6.45, 7) is 2.40. The van der Waals surface area contributed by atoms with Crippen molar-refractivity contribution in [3.05, 3.63) is 70.7 Å². The third-order valence-corrected chi connectivity index (χ3v) is 4.27. The highest BCUT2D eigenvalue weighted by atomic mass is 35.5. The van der Waals surface area contributed by atoms with Crippen molar-refractivity contribution >= 4 is 35.8 Å². The molecule has 0 aliphatic rings. The van der Waals surface area contributed by atoms with Gasteiger partial charge in [-0.1, -0.05) is 54.1 Å². The zero-order chi connectivity index (χ0) is 18.9. The van der Waals surface area contributed by atoms with Crippen LogP contribution < -0.4 is 16.4 Å². The standard InChI is InChI=1S/C20H24ClN3O2.ClH/c1-14(22)11-12-23-19(25)13-18(15-7-3-2-4-8-15)24-20(26)16-9-5-6-10-17(16)21;/h2-10,14,18H,11-13,22H2,1H3,(H,23,25)(H,24,26);1H. The lowest BCUT2D eigenvalue weighted by atomic mass is 10.0. The molecule has 2 rings (SSSR count). The molecule has 0 spiro atoms. The van der Waals surface area contributed by atoms with E-state index >= 15 is 0 Å². The number of carbonyl (C=O) groups is 2. The molecule has 2 atom stereocenters. The SMILES string of the molecule is CC(N)CCNC(=O)CC(NC(=O)c1ccccc1Cl)c1ccccc1.Cl. The Morgan fingerprint density at radius 2 is 1.70 bits per heavy atom. The van der Waals surface area contributed by atoms with Crippen LogP contribution in [0.1, 0.15) is 41.7 Å². The second-order valence-corrected chi connectivity index (χ2v) is 6.64. The highest BCUT2D eigenvalue weighted by Gasteiger charge is 2.20. The third kappa shape index (κ3) is 7.59. The zero-order valence-electron chi connectivity index (χ0n) is 15.2. The number of amides is 2. The largest absolute Gasteiger partial charge is 0.356 e. The fourth-order valence-electron chi connectivity index (χ4n) is 2.52. The summed E-state index contributed by atoms with van der Waals surface area (Å²) in [6, 6.07) is 15.8. The summed E-state index contributed by atoms with van der Waals surface area (Å²) < 4.78 is 0. The van der Waals surface area contributed by atoms with E-state index in [0.29, 0.717) is 23.6 Å². The number of halogens is 2. The van der Waals surface area contributed by atoms with E-state index in [0.717, 1.165) is 5.56 Å². The molecular weight excluding hydrogens is 385 g/mol. The Hall–Kier alpha value is -2.08. The monoisotopic (exact) mass is 409 g/mol. The van der Waals surface area contributed by atoms with Crippen molar-refractivity contribution in [1.29, 1.82) is 0 Å². The molecule has 146 valence electrons. The molecule has 0 aromatic heterocycles. The van der Waals surface area contributed by atoms with Crippen LogP contribution in [0, 0.1) is 0 Å². The van der Waals surface area contributed by atoms with Crippen LogP contribution in [0.4, 0.5) is 0 Å². The maximum absolute atomic E-state index is 12.6. The average molecular weight is 410 g/mol. The number of hydrogen-bond acceptors (Lipinski definition) is 3. The predicted octanol–water partition coefficient (Wildman–Crippen LogP) is 3.48. The molecule has 0 saturated carbocycles. The van der Waals surface area contributed by atoms with E-state index in [1.807, 2.05) is 37.3 Å². The summed E-state index contributed by atoms with van der Waals surface area (Å²) in [5, 5.41) is 6.13. The molecule has 2 aromatic carbocycles. The molecule has 2 aromatic rings. The van der Waals surface area contributed by atoms with Gasteiger partial charge in [-0.25, -0.2) is 0 Å². The molecule has 7 heteroatoms. The highest BCUT2D eigenvalue weighted by molar-refractivity contribution is 6.33. The molecule has 0 saturated heterocycles. The predicted molar refractivity (Wildman–Crippen MR) is 111 cm³/mol. The number of benzene rings is 2. The zero-order valence-corrected chi connectivity index (χ0v) is 16.7. The first-order valence-electron chi connectivity index (χ1n) is 8.60. The maximum atomic E-state index is 12.6. The van der Waals surface area contributed by atoms with E-state index in [4.69, 9.17) is 17.3 Å². The third-order valence-electron chi connectivity index (χ3n) is 3.94. The minimum atomic E-state index is -0.449. The van der Waals surface area contributed by atoms with E-state index in [9.17, 15) is 9.59 Å². The molecular formula is C20H25Cl2N3O2. The summed E-state index contributed by atoms with van der Waals surface area (Å²) in [4.78, 5) is 24.9. The maximum Gasteiger partial charge on any atom is 0.253 e. The molecule has 5 nitrogen and oxygen atoms in total. The number of carbonyl (C=O) groups excluding carboxylic acids is 2. The van der Waals surface area contributed by atoms with Crippen LogP contribution >= 0.6 is 24.0 Å². The van der Waals surface area contributed by atoms with Gasteiger partial charge >= 0.3 is 0 Å². The first-order valence-corrected chi connectivity index (χ1v) is 8.97. The van der Waals surface area contributed by atoms with Gasteiger partial charge in [-0.15, -0.1) is 12.4 Å². The van der Waals surface area contributed by atoms with Gasteiger partial charge in [-0.05, 0) is 31.0 Å². The van der Waals surface area contributed by atoms with Crippen molar-refractivity contribution in [2.45, 2.75) is 31.8 Å². The van der Waals surface area contributed by atoms with E-state index in [1.54, 1.807) is 24.3 Å².